The Balaban J connectivity index is 1.45. The minimum atomic E-state index is -2.01. The molecule has 2 saturated heterocycles. The van der Waals surface area contributed by atoms with Gasteiger partial charge in [0, 0.05) is 6.42 Å². The third kappa shape index (κ3) is 10.5. The molecule has 3 aromatic rings. The second kappa shape index (κ2) is 19.5. The fourth-order valence-corrected chi connectivity index (χ4v) is 6.34. The lowest BCUT2D eigenvalue weighted by Gasteiger charge is -2.37. The van der Waals surface area contributed by atoms with E-state index in [1.165, 1.54) is 18.2 Å². The Morgan fingerprint density at radius 2 is 1.13 bits per heavy atom. The highest BCUT2D eigenvalue weighted by Gasteiger charge is 2.39. The van der Waals surface area contributed by atoms with Crippen LogP contribution in [0.25, 0.3) is 0 Å². The van der Waals surface area contributed by atoms with Crippen molar-refractivity contribution in [2.45, 2.75) is 68.7 Å². The van der Waals surface area contributed by atoms with E-state index in [0.717, 1.165) is 24.3 Å². The van der Waals surface area contributed by atoms with Gasteiger partial charge in [-0.25, -0.2) is 14.4 Å². The monoisotopic (exact) mass is 857 g/mol. The molecule has 0 aliphatic carbocycles. The lowest BCUT2D eigenvalue weighted by molar-refractivity contribution is -0.179. The van der Waals surface area contributed by atoms with Crippen LogP contribution in [0.2, 0.25) is 0 Å². The molecule has 7 unspecified atom stereocenters. The van der Waals surface area contributed by atoms with Gasteiger partial charge in [-0.2, -0.15) is 0 Å². The summed E-state index contributed by atoms with van der Waals surface area (Å²) in [6.07, 6.45) is -4.63. The molecule has 2 aliphatic rings. The molecular weight excluding hydrogens is 814 g/mol. The Morgan fingerprint density at radius 1 is 0.656 bits per heavy atom. The Bertz CT molecular complexity index is 2180. The highest BCUT2D eigenvalue weighted by atomic mass is 16.6. The standard InChI is InChI=1S/C39H43N3O19/c1-2-4-16-7-20(30(49)26(45)8-16)35(53)41-23-14-60-39(57)24(15-59-37(55)22(13-58-38(23)56)40-34(52)19-5-3-6-25(44)29(19)48)42-36(54)21-9-17(10-27(46)31(21)50)33-32(51)28(47)11-18(12-43)61-33/h3,5-10,18,22-24,28,32-33,43-51H,2,4,11-15H2,1H3,(H,40,52)(H,41,53)(H,42,54). The number of cyclic esters (lactones) is 3. The van der Waals surface area contributed by atoms with E-state index in [-0.39, 0.29) is 12.0 Å². The first-order chi connectivity index (χ1) is 28.9. The van der Waals surface area contributed by atoms with Crippen molar-refractivity contribution in [2.75, 3.05) is 26.4 Å². The first-order valence-corrected chi connectivity index (χ1v) is 18.6. The first-order valence-electron chi connectivity index (χ1n) is 18.6. The number of aromatic hydroxyl groups is 6. The molecule has 0 radical (unpaired) electrons. The van der Waals surface area contributed by atoms with Crippen molar-refractivity contribution < 1.29 is 93.7 Å². The number of esters is 3. The summed E-state index contributed by atoms with van der Waals surface area (Å²) < 4.78 is 21.2. The molecule has 61 heavy (non-hydrogen) atoms. The summed E-state index contributed by atoms with van der Waals surface area (Å²) >= 11 is 0. The molecule has 0 aromatic heterocycles. The van der Waals surface area contributed by atoms with E-state index < -0.39 is 156 Å². The topological polar surface area (TPSA) is 357 Å². The number of aliphatic hydroxyl groups is 3. The predicted octanol–water partition coefficient (Wildman–Crippen LogP) is -1.24. The van der Waals surface area contributed by atoms with Crippen molar-refractivity contribution >= 4 is 35.6 Å². The average Bonchev–Trinajstić information content (AvgIpc) is 3.22. The van der Waals surface area contributed by atoms with Gasteiger partial charge in [-0.05, 0) is 53.9 Å². The Labute approximate surface area is 344 Å². The summed E-state index contributed by atoms with van der Waals surface area (Å²) in [5, 5.41) is 99.0. The van der Waals surface area contributed by atoms with Crippen molar-refractivity contribution in [3.8, 4) is 34.5 Å². The molecule has 2 aliphatic heterocycles. The Kier molecular flexibility index (Phi) is 14.4. The summed E-state index contributed by atoms with van der Waals surface area (Å²) in [6, 6.07) is 1.77. The van der Waals surface area contributed by atoms with Gasteiger partial charge in [0.05, 0.1) is 35.5 Å². The van der Waals surface area contributed by atoms with Crippen LogP contribution in [0.1, 0.15) is 68.1 Å². The predicted molar refractivity (Wildman–Crippen MR) is 201 cm³/mol. The maximum atomic E-state index is 13.7. The number of benzene rings is 3. The van der Waals surface area contributed by atoms with Gasteiger partial charge in [0.1, 0.15) is 32.0 Å². The highest BCUT2D eigenvalue weighted by molar-refractivity contribution is 6.02. The molecular formula is C39H43N3O19. The van der Waals surface area contributed by atoms with Crippen LogP contribution in [-0.2, 0) is 39.8 Å². The zero-order valence-corrected chi connectivity index (χ0v) is 32.1. The summed E-state index contributed by atoms with van der Waals surface area (Å²) in [6.45, 7) is -1.88. The molecule has 0 spiro atoms. The summed E-state index contributed by atoms with van der Waals surface area (Å²) in [5.41, 5.74) is -1.49. The van der Waals surface area contributed by atoms with Crippen molar-refractivity contribution in [3.05, 3.63) is 70.3 Å². The second-order valence-electron chi connectivity index (χ2n) is 14.0. The number of hydrogen-bond donors (Lipinski definition) is 12. The van der Waals surface area contributed by atoms with Crippen LogP contribution in [0.15, 0.2) is 42.5 Å². The number of aliphatic hydroxyl groups excluding tert-OH is 3. The maximum Gasteiger partial charge on any atom is 0.332 e. The van der Waals surface area contributed by atoms with E-state index >= 15 is 0 Å². The number of aryl methyl sites for hydroxylation is 1. The smallest absolute Gasteiger partial charge is 0.332 e. The van der Waals surface area contributed by atoms with E-state index in [9.17, 15) is 74.7 Å². The number of nitrogens with one attached hydrogen (secondary N) is 3. The molecule has 2 heterocycles. The zero-order chi connectivity index (χ0) is 44.7. The molecule has 22 heteroatoms. The van der Waals surface area contributed by atoms with Gasteiger partial charge in [0.25, 0.3) is 17.7 Å². The molecule has 328 valence electrons. The number of para-hydroxylation sites is 1. The highest BCUT2D eigenvalue weighted by Crippen LogP contribution is 2.38. The molecule has 12 N–H and O–H groups in total. The van der Waals surface area contributed by atoms with Crippen LogP contribution < -0.4 is 16.0 Å². The van der Waals surface area contributed by atoms with Gasteiger partial charge >= 0.3 is 17.9 Å². The van der Waals surface area contributed by atoms with Crippen LogP contribution in [0.5, 0.6) is 34.5 Å². The Morgan fingerprint density at radius 3 is 1.64 bits per heavy atom. The minimum absolute atomic E-state index is 0.155. The van der Waals surface area contributed by atoms with Crippen LogP contribution in [0.4, 0.5) is 0 Å². The summed E-state index contributed by atoms with van der Waals surface area (Å²) in [7, 11) is 0. The molecule has 0 bridgehead atoms. The third-order valence-corrected chi connectivity index (χ3v) is 9.58. The van der Waals surface area contributed by atoms with Gasteiger partial charge in [-0.15, -0.1) is 0 Å². The molecule has 22 nitrogen and oxygen atoms in total. The average molecular weight is 858 g/mol. The van der Waals surface area contributed by atoms with Crippen molar-refractivity contribution in [3.63, 3.8) is 0 Å². The molecule has 2 fully saturated rings. The molecule has 3 aromatic carbocycles. The van der Waals surface area contributed by atoms with Crippen molar-refractivity contribution in [1.29, 1.82) is 0 Å². The van der Waals surface area contributed by atoms with E-state index in [1.807, 2.05) is 6.92 Å². The van der Waals surface area contributed by atoms with E-state index in [2.05, 4.69) is 16.0 Å². The normalized spacial score (nSPS) is 23.5. The number of phenols is 6. The molecule has 0 saturated carbocycles. The summed E-state index contributed by atoms with van der Waals surface area (Å²) in [5.74, 6) is -12.9. The SMILES string of the molecule is CCCc1cc(O)c(O)c(C(=O)NC2COC(=O)C(NC(=O)c3cc(C4OC(CO)CC(O)C4O)cc(O)c3O)COC(=O)C(NC(=O)c3cccc(O)c3O)COC2=O)c1. The van der Waals surface area contributed by atoms with Crippen LogP contribution >= 0.6 is 0 Å². The fourth-order valence-electron chi connectivity index (χ4n) is 6.34. The zero-order valence-electron chi connectivity index (χ0n) is 32.1. The lowest BCUT2D eigenvalue weighted by atomic mass is 9.92. The van der Waals surface area contributed by atoms with E-state index in [1.54, 1.807) is 0 Å². The van der Waals surface area contributed by atoms with Crippen LogP contribution in [0, 0.1) is 0 Å². The van der Waals surface area contributed by atoms with E-state index in [4.69, 9.17) is 18.9 Å². The number of carbonyl (C=O) groups is 6. The number of rotatable bonds is 10. The van der Waals surface area contributed by atoms with Gasteiger partial charge in [0.2, 0.25) is 0 Å². The second-order valence-corrected chi connectivity index (χ2v) is 14.0. The quantitative estimate of drug-likeness (QED) is 0.0644. The lowest BCUT2D eigenvalue weighted by Crippen LogP contribution is -2.52. The van der Waals surface area contributed by atoms with Crippen molar-refractivity contribution in [2.24, 2.45) is 0 Å². The van der Waals surface area contributed by atoms with Gasteiger partial charge in [-0.3, -0.25) is 14.4 Å². The third-order valence-electron chi connectivity index (χ3n) is 9.58. The number of hydrogen-bond acceptors (Lipinski definition) is 19. The minimum Gasteiger partial charge on any atom is -0.504 e. The van der Waals surface area contributed by atoms with Crippen LogP contribution in [-0.4, -0.2) is 144 Å². The summed E-state index contributed by atoms with van der Waals surface area (Å²) in [4.78, 5) is 80.6. The largest absolute Gasteiger partial charge is 0.504 e. The molecule has 5 rings (SSSR count). The number of carbonyl (C=O) groups excluding carboxylic acids is 6. The van der Waals surface area contributed by atoms with Crippen molar-refractivity contribution in [1.82, 2.24) is 16.0 Å². The molecule has 3 amide bonds. The van der Waals surface area contributed by atoms with Crippen LogP contribution in [0.3, 0.4) is 0 Å². The Hall–Kier alpha value is -6.88. The van der Waals surface area contributed by atoms with Gasteiger partial charge in [-0.1, -0.05) is 19.4 Å². The van der Waals surface area contributed by atoms with Gasteiger partial charge in [0.15, 0.2) is 52.6 Å². The number of amides is 3. The number of phenolic OH excluding ortho intramolecular Hbond substituents is 6. The fraction of sp³-hybridized carbons (Fsp3) is 0.385. The van der Waals surface area contributed by atoms with E-state index in [0.29, 0.717) is 18.4 Å². The number of ether oxygens (including phenoxy) is 4. The van der Waals surface area contributed by atoms with Gasteiger partial charge < -0.3 is 80.9 Å². The maximum absolute atomic E-state index is 13.7. The molecule has 7 atom stereocenters. The first kappa shape index (κ1) is 45.2.